The third-order valence-corrected chi connectivity index (χ3v) is 3.38. The van der Waals surface area contributed by atoms with Gasteiger partial charge < -0.3 is 10.4 Å². The Bertz CT molecular complexity index is 257. The highest BCUT2D eigenvalue weighted by Gasteiger charge is 2.28. The van der Waals surface area contributed by atoms with Gasteiger partial charge in [0.2, 0.25) is 0 Å². The Hall–Kier alpha value is -0.450. The van der Waals surface area contributed by atoms with Gasteiger partial charge in [0.15, 0.2) is 0 Å². The van der Waals surface area contributed by atoms with Gasteiger partial charge in [-0.1, -0.05) is 0 Å². The second kappa shape index (κ2) is 3.74. The van der Waals surface area contributed by atoms with E-state index in [0.29, 0.717) is 12.1 Å². The van der Waals surface area contributed by atoms with E-state index in [4.69, 9.17) is 5.11 Å². The lowest BCUT2D eigenvalue weighted by atomic mass is 9.89. The SMILES string of the molecule is CC(NC1CC(O)C1)c1nccs1. The topological polar surface area (TPSA) is 45.1 Å². The van der Waals surface area contributed by atoms with Gasteiger partial charge in [-0.05, 0) is 19.8 Å². The van der Waals surface area contributed by atoms with Gasteiger partial charge in [0, 0.05) is 17.6 Å². The van der Waals surface area contributed by atoms with Gasteiger partial charge in [0.1, 0.15) is 5.01 Å². The van der Waals surface area contributed by atoms with Crippen molar-refractivity contribution in [3.8, 4) is 0 Å². The van der Waals surface area contributed by atoms with Crippen LogP contribution in [0.3, 0.4) is 0 Å². The van der Waals surface area contributed by atoms with E-state index in [9.17, 15) is 0 Å². The molecule has 1 aromatic heterocycles. The van der Waals surface area contributed by atoms with Crippen LogP contribution in [0.5, 0.6) is 0 Å². The summed E-state index contributed by atoms with van der Waals surface area (Å²) in [7, 11) is 0. The average molecular weight is 198 g/mol. The summed E-state index contributed by atoms with van der Waals surface area (Å²) in [4.78, 5) is 4.24. The van der Waals surface area contributed by atoms with Crippen LogP contribution in [-0.4, -0.2) is 22.2 Å². The zero-order valence-corrected chi connectivity index (χ0v) is 8.42. The first-order valence-corrected chi connectivity index (χ1v) is 5.47. The summed E-state index contributed by atoms with van der Waals surface area (Å²) < 4.78 is 0. The largest absolute Gasteiger partial charge is 0.393 e. The molecule has 1 aliphatic rings. The Labute approximate surface area is 81.8 Å². The van der Waals surface area contributed by atoms with Gasteiger partial charge in [-0.25, -0.2) is 4.98 Å². The van der Waals surface area contributed by atoms with E-state index < -0.39 is 0 Å². The van der Waals surface area contributed by atoms with Crippen LogP contribution in [0.1, 0.15) is 30.8 Å². The third kappa shape index (κ3) is 2.07. The number of thiazole rings is 1. The Kier molecular flexibility index (Phi) is 2.62. The maximum Gasteiger partial charge on any atom is 0.109 e. The molecule has 1 heterocycles. The molecule has 1 unspecified atom stereocenters. The molecule has 0 spiro atoms. The highest BCUT2D eigenvalue weighted by atomic mass is 32.1. The van der Waals surface area contributed by atoms with Crippen molar-refractivity contribution in [3.63, 3.8) is 0 Å². The number of nitrogens with zero attached hydrogens (tertiary/aromatic N) is 1. The quantitative estimate of drug-likeness (QED) is 0.770. The van der Waals surface area contributed by atoms with Gasteiger partial charge in [-0.15, -0.1) is 11.3 Å². The molecular formula is C9H14N2OS. The Morgan fingerprint density at radius 1 is 1.69 bits per heavy atom. The number of hydrogen-bond acceptors (Lipinski definition) is 4. The number of aliphatic hydroxyl groups excluding tert-OH is 1. The summed E-state index contributed by atoms with van der Waals surface area (Å²) in [6.07, 6.45) is 3.51. The number of nitrogens with one attached hydrogen (secondary N) is 1. The van der Waals surface area contributed by atoms with Crippen molar-refractivity contribution in [2.24, 2.45) is 0 Å². The van der Waals surface area contributed by atoms with E-state index in [-0.39, 0.29) is 6.10 Å². The first kappa shape index (κ1) is 9.12. The molecule has 13 heavy (non-hydrogen) atoms. The fraction of sp³-hybridized carbons (Fsp3) is 0.667. The Morgan fingerprint density at radius 3 is 3.00 bits per heavy atom. The summed E-state index contributed by atoms with van der Waals surface area (Å²) in [6, 6.07) is 0.798. The Morgan fingerprint density at radius 2 is 2.46 bits per heavy atom. The zero-order valence-electron chi connectivity index (χ0n) is 7.60. The summed E-state index contributed by atoms with van der Waals surface area (Å²) in [5, 5.41) is 15.7. The number of aliphatic hydroxyl groups is 1. The van der Waals surface area contributed by atoms with Crippen LogP contribution >= 0.6 is 11.3 Å². The fourth-order valence-electron chi connectivity index (χ4n) is 1.60. The molecule has 1 aromatic rings. The van der Waals surface area contributed by atoms with Crippen molar-refractivity contribution in [1.29, 1.82) is 0 Å². The van der Waals surface area contributed by atoms with Crippen molar-refractivity contribution in [1.82, 2.24) is 10.3 Å². The van der Waals surface area contributed by atoms with Crippen LogP contribution in [0.25, 0.3) is 0 Å². The van der Waals surface area contributed by atoms with E-state index >= 15 is 0 Å². The van der Waals surface area contributed by atoms with Gasteiger partial charge in [-0.2, -0.15) is 0 Å². The summed E-state index contributed by atoms with van der Waals surface area (Å²) in [6.45, 7) is 2.11. The zero-order chi connectivity index (χ0) is 9.26. The van der Waals surface area contributed by atoms with Crippen LogP contribution < -0.4 is 5.32 Å². The van der Waals surface area contributed by atoms with Crippen molar-refractivity contribution in [2.45, 2.75) is 38.0 Å². The second-order valence-electron chi connectivity index (χ2n) is 3.58. The van der Waals surface area contributed by atoms with E-state index in [0.717, 1.165) is 17.8 Å². The molecule has 0 amide bonds. The molecule has 1 atom stereocenters. The molecule has 1 saturated carbocycles. The van der Waals surface area contributed by atoms with Crippen LogP contribution in [0.2, 0.25) is 0 Å². The van der Waals surface area contributed by atoms with Crippen molar-refractivity contribution >= 4 is 11.3 Å². The number of aromatic nitrogens is 1. The molecule has 1 fully saturated rings. The van der Waals surface area contributed by atoms with Crippen LogP contribution in [-0.2, 0) is 0 Å². The molecule has 4 heteroatoms. The molecule has 0 aliphatic heterocycles. The van der Waals surface area contributed by atoms with Gasteiger partial charge >= 0.3 is 0 Å². The molecule has 72 valence electrons. The normalized spacial score (nSPS) is 29.7. The van der Waals surface area contributed by atoms with E-state index in [1.807, 2.05) is 11.6 Å². The van der Waals surface area contributed by atoms with Gasteiger partial charge in [0.25, 0.3) is 0 Å². The van der Waals surface area contributed by atoms with Crippen molar-refractivity contribution in [2.75, 3.05) is 0 Å². The highest BCUT2D eigenvalue weighted by molar-refractivity contribution is 7.09. The average Bonchev–Trinajstić information content (AvgIpc) is 2.53. The number of hydrogen-bond donors (Lipinski definition) is 2. The summed E-state index contributed by atoms with van der Waals surface area (Å²) >= 11 is 1.67. The maximum absolute atomic E-state index is 9.11. The first-order chi connectivity index (χ1) is 6.25. The second-order valence-corrected chi connectivity index (χ2v) is 4.51. The molecule has 0 bridgehead atoms. The van der Waals surface area contributed by atoms with Crippen LogP contribution in [0, 0.1) is 0 Å². The lowest BCUT2D eigenvalue weighted by molar-refractivity contribution is 0.0585. The summed E-state index contributed by atoms with van der Waals surface area (Å²) in [5.41, 5.74) is 0. The van der Waals surface area contributed by atoms with E-state index in [1.54, 1.807) is 11.3 Å². The van der Waals surface area contributed by atoms with Crippen molar-refractivity contribution in [3.05, 3.63) is 16.6 Å². The minimum absolute atomic E-state index is 0.0824. The number of rotatable bonds is 3. The molecular weight excluding hydrogens is 184 g/mol. The molecule has 1 aliphatic carbocycles. The maximum atomic E-state index is 9.11. The molecule has 3 nitrogen and oxygen atoms in total. The first-order valence-electron chi connectivity index (χ1n) is 4.59. The third-order valence-electron chi connectivity index (χ3n) is 2.42. The van der Waals surface area contributed by atoms with Crippen molar-refractivity contribution < 1.29 is 5.11 Å². The minimum atomic E-state index is -0.0824. The van der Waals surface area contributed by atoms with E-state index in [1.165, 1.54) is 0 Å². The van der Waals surface area contributed by atoms with Crippen LogP contribution in [0.15, 0.2) is 11.6 Å². The molecule has 0 radical (unpaired) electrons. The summed E-state index contributed by atoms with van der Waals surface area (Å²) in [5.74, 6) is 0. The molecule has 0 saturated heterocycles. The highest BCUT2D eigenvalue weighted by Crippen LogP contribution is 2.24. The lowest BCUT2D eigenvalue weighted by Gasteiger charge is -2.34. The monoisotopic (exact) mass is 198 g/mol. The molecule has 0 aromatic carbocycles. The Balaban J connectivity index is 1.82. The predicted octanol–water partition coefficient (Wildman–Crippen LogP) is 1.32. The minimum Gasteiger partial charge on any atom is -0.393 e. The lowest BCUT2D eigenvalue weighted by Crippen LogP contribution is -2.44. The van der Waals surface area contributed by atoms with Gasteiger partial charge in [-0.3, -0.25) is 0 Å². The molecule has 2 rings (SSSR count). The van der Waals surface area contributed by atoms with Crippen LogP contribution in [0.4, 0.5) is 0 Å². The molecule has 2 N–H and O–H groups in total. The fourth-order valence-corrected chi connectivity index (χ4v) is 2.25. The van der Waals surface area contributed by atoms with E-state index in [2.05, 4.69) is 17.2 Å². The standard InChI is InChI=1S/C9H14N2OS/c1-6(9-10-2-3-13-9)11-7-4-8(12)5-7/h2-3,6-8,11-12H,4-5H2,1H3. The smallest absolute Gasteiger partial charge is 0.109 e. The van der Waals surface area contributed by atoms with Gasteiger partial charge in [0.05, 0.1) is 12.1 Å². The predicted molar refractivity (Wildman–Crippen MR) is 52.7 cm³/mol.